The van der Waals surface area contributed by atoms with Gasteiger partial charge >= 0.3 is 5.97 Å². The summed E-state index contributed by atoms with van der Waals surface area (Å²) in [4.78, 5) is 23.5. The highest BCUT2D eigenvalue weighted by atomic mass is 16.6. The van der Waals surface area contributed by atoms with Crippen LogP contribution in [-0.4, -0.2) is 17.4 Å². The minimum atomic E-state index is -0.299. The lowest BCUT2D eigenvalue weighted by Gasteiger charge is -2.55. The molecular formula is C16H24O3. The minimum Gasteiger partial charge on any atom is -0.459 e. The van der Waals surface area contributed by atoms with Gasteiger partial charge in [-0.05, 0) is 63.2 Å². The van der Waals surface area contributed by atoms with Crippen molar-refractivity contribution in [2.24, 2.45) is 16.7 Å². The van der Waals surface area contributed by atoms with Crippen LogP contribution in [0.25, 0.3) is 0 Å². The second-order valence-corrected chi connectivity index (χ2v) is 8.02. The van der Waals surface area contributed by atoms with Crippen molar-refractivity contribution in [3.05, 3.63) is 0 Å². The molecule has 0 spiro atoms. The van der Waals surface area contributed by atoms with Gasteiger partial charge in [0.15, 0.2) is 0 Å². The maximum absolute atomic E-state index is 12.2. The molecule has 0 aromatic rings. The number of carbonyl (C=O) groups excluding carboxylic acids is 2. The van der Waals surface area contributed by atoms with Crippen LogP contribution in [0.15, 0.2) is 0 Å². The van der Waals surface area contributed by atoms with Crippen molar-refractivity contribution in [2.75, 3.05) is 0 Å². The Morgan fingerprint density at radius 1 is 1.26 bits per heavy atom. The Balaban J connectivity index is 1.94. The predicted octanol–water partition coefficient (Wildman–Crippen LogP) is 3.26. The molecule has 3 heteroatoms. The summed E-state index contributed by atoms with van der Waals surface area (Å²) < 4.78 is 5.80. The fourth-order valence-electron chi connectivity index (χ4n) is 5.55. The van der Waals surface area contributed by atoms with E-state index in [1.807, 2.05) is 0 Å². The maximum Gasteiger partial charge on any atom is 0.309 e. The van der Waals surface area contributed by atoms with Gasteiger partial charge in [0.1, 0.15) is 11.4 Å². The van der Waals surface area contributed by atoms with Crippen LogP contribution in [0.1, 0.15) is 65.7 Å². The van der Waals surface area contributed by atoms with Crippen LogP contribution < -0.4 is 0 Å². The molecule has 0 aromatic carbocycles. The molecular weight excluding hydrogens is 240 g/mol. The SMILES string of the molecule is CC(=O)CCC12C[C@@H]3CC(C)(C1)CC(C)(C2)OC3=O. The van der Waals surface area contributed by atoms with Gasteiger partial charge in [-0.25, -0.2) is 0 Å². The molecule has 4 bridgehead atoms. The molecule has 0 amide bonds. The lowest BCUT2D eigenvalue weighted by atomic mass is 9.49. The summed E-state index contributed by atoms with van der Waals surface area (Å²) in [6.07, 6.45) is 6.59. The summed E-state index contributed by atoms with van der Waals surface area (Å²) >= 11 is 0. The van der Waals surface area contributed by atoms with Crippen molar-refractivity contribution in [2.45, 2.75) is 71.3 Å². The summed E-state index contributed by atoms with van der Waals surface area (Å²) in [6.45, 7) is 6.07. The molecule has 2 heterocycles. The Kier molecular flexibility index (Phi) is 2.65. The van der Waals surface area contributed by atoms with Gasteiger partial charge in [0.2, 0.25) is 0 Å². The van der Waals surface area contributed by atoms with Crippen molar-refractivity contribution >= 4 is 11.8 Å². The average Bonchev–Trinajstić information content (AvgIpc) is 2.33. The van der Waals surface area contributed by atoms with Crippen molar-refractivity contribution in [3.63, 3.8) is 0 Å². The van der Waals surface area contributed by atoms with Crippen molar-refractivity contribution in [1.29, 1.82) is 0 Å². The number of esters is 1. The van der Waals surface area contributed by atoms with E-state index in [0.717, 1.165) is 38.5 Å². The number of ether oxygens (including phenoxy) is 1. The molecule has 2 aliphatic carbocycles. The zero-order valence-electron chi connectivity index (χ0n) is 12.3. The number of hydrogen-bond donors (Lipinski definition) is 0. The van der Waals surface area contributed by atoms with E-state index in [-0.39, 0.29) is 34.1 Å². The smallest absolute Gasteiger partial charge is 0.309 e. The molecule has 0 aromatic heterocycles. The van der Waals surface area contributed by atoms with Crippen LogP contribution in [0.3, 0.4) is 0 Å². The largest absolute Gasteiger partial charge is 0.459 e. The Labute approximate surface area is 115 Å². The molecule has 0 N–H and O–H groups in total. The van der Waals surface area contributed by atoms with E-state index in [4.69, 9.17) is 4.74 Å². The maximum atomic E-state index is 12.2. The summed E-state index contributed by atoms with van der Waals surface area (Å²) in [7, 11) is 0. The Bertz CT molecular complexity index is 443. The third kappa shape index (κ3) is 2.21. The highest BCUT2D eigenvalue weighted by molar-refractivity contribution is 5.76. The van der Waals surface area contributed by atoms with Crippen LogP contribution in [-0.2, 0) is 14.3 Å². The first-order chi connectivity index (χ1) is 8.73. The quantitative estimate of drug-likeness (QED) is 0.735. The molecule has 4 rings (SSSR count). The van der Waals surface area contributed by atoms with Crippen LogP contribution in [0, 0.1) is 16.7 Å². The third-order valence-electron chi connectivity index (χ3n) is 5.46. The van der Waals surface area contributed by atoms with E-state index in [1.54, 1.807) is 6.92 Å². The number of rotatable bonds is 3. The number of ketones is 1. The topological polar surface area (TPSA) is 43.4 Å². The molecule has 4 fully saturated rings. The fraction of sp³-hybridized carbons (Fsp3) is 0.875. The summed E-state index contributed by atoms with van der Waals surface area (Å²) in [6, 6.07) is 0. The Hall–Kier alpha value is -0.860. The molecule has 0 radical (unpaired) electrons. The molecule has 106 valence electrons. The molecule has 3 unspecified atom stereocenters. The first kappa shape index (κ1) is 13.1. The molecule has 4 atom stereocenters. The zero-order valence-corrected chi connectivity index (χ0v) is 12.3. The van der Waals surface area contributed by atoms with E-state index in [9.17, 15) is 9.59 Å². The lowest BCUT2D eigenvalue weighted by Crippen LogP contribution is -2.49. The summed E-state index contributed by atoms with van der Waals surface area (Å²) in [5.74, 6) is 0.336. The van der Waals surface area contributed by atoms with Gasteiger partial charge in [0, 0.05) is 6.42 Å². The lowest BCUT2D eigenvalue weighted by molar-refractivity contribution is -0.162. The first-order valence-electron chi connectivity index (χ1n) is 7.46. The van der Waals surface area contributed by atoms with Gasteiger partial charge in [-0.2, -0.15) is 0 Å². The van der Waals surface area contributed by atoms with Crippen molar-refractivity contribution < 1.29 is 14.3 Å². The predicted molar refractivity (Wildman–Crippen MR) is 71.5 cm³/mol. The van der Waals surface area contributed by atoms with E-state index >= 15 is 0 Å². The second kappa shape index (κ2) is 3.83. The van der Waals surface area contributed by atoms with Crippen LogP contribution in [0.5, 0.6) is 0 Å². The molecule has 2 aliphatic heterocycles. The Morgan fingerprint density at radius 3 is 2.68 bits per heavy atom. The normalized spacial score (nSPS) is 47.9. The van der Waals surface area contributed by atoms with Crippen molar-refractivity contribution in [1.82, 2.24) is 0 Å². The van der Waals surface area contributed by atoms with Crippen LogP contribution >= 0.6 is 0 Å². The van der Waals surface area contributed by atoms with Gasteiger partial charge in [-0.3, -0.25) is 4.79 Å². The third-order valence-corrected chi connectivity index (χ3v) is 5.46. The van der Waals surface area contributed by atoms with E-state index in [0.29, 0.717) is 6.42 Å². The average molecular weight is 264 g/mol. The van der Waals surface area contributed by atoms with E-state index in [2.05, 4.69) is 13.8 Å². The van der Waals surface area contributed by atoms with Gasteiger partial charge in [0.05, 0.1) is 5.92 Å². The first-order valence-corrected chi connectivity index (χ1v) is 7.46. The molecule has 3 nitrogen and oxygen atoms in total. The highest BCUT2D eigenvalue weighted by Crippen LogP contribution is 2.64. The van der Waals surface area contributed by atoms with E-state index < -0.39 is 0 Å². The summed E-state index contributed by atoms with van der Waals surface area (Å²) in [5, 5.41) is 0. The zero-order chi connectivity index (χ0) is 13.9. The summed E-state index contributed by atoms with van der Waals surface area (Å²) in [5.41, 5.74) is 0.0769. The van der Waals surface area contributed by atoms with E-state index in [1.165, 1.54) is 0 Å². The monoisotopic (exact) mass is 264 g/mol. The Morgan fingerprint density at radius 2 is 2.00 bits per heavy atom. The van der Waals surface area contributed by atoms with Crippen LogP contribution in [0.2, 0.25) is 0 Å². The van der Waals surface area contributed by atoms with Crippen LogP contribution in [0.4, 0.5) is 0 Å². The van der Waals surface area contributed by atoms with Gasteiger partial charge < -0.3 is 9.53 Å². The van der Waals surface area contributed by atoms with Gasteiger partial charge in [0.25, 0.3) is 0 Å². The molecule has 2 saturated heterocycles. The molecule has 2 saturated carbocycles. The second-order valence-electron chi connectivity index (χ2n) is 8.02. The number of fused-ring (bicyclic) bond motifs is 1. The highest BCUT2D eigenvalue weighted by Gasteiger charge is 2.60. The number of Topliss-reactive ketones (excluding diaryl/α,β-unsaturated/α-hetero) is 1. The number of hydrogen-bond acceptors (Lipinski definition) is 3. The standard InChI is InChI=1S/C16H24O3/c1-11(17)4-5-16-7-12-6-14(2,9-16)8-15(3,10-16)19-13(12)18/h12H,4-10H2,1-3H3/t12-,14?,15?,16?/m0/s1. The van der Waals surface area contributed by atoms with Crippen molar-refractivity contribution in [3.8, 4) is 0 Å². The minimum absolute atomic E-state index is 0.00984. The molecule has 4 aliphatic rings. The van der Waals surface area contributed by atoms with Gasteiger partial charge in [-0.15, -0.1) is 0 Å². The van der Waals surface area contributed by atoms with Gasteiger partial charge in [-0.1, -0.05) is 6.92 Å². The molecule has 19 heavy (non-hydrogen) atoms. The fourth-order valence-corrected chi connectivity index (χ4v) is 5.55. The number of carbonyl (C=O) groups is 2.